The van der Waals surface area contributed by atoms with Crippen LogP contribution in [0.5, 0.6) is 17.2 Å². The van der Waals surface area contributed by atoms with Gasteiger partial charge >= 0.3 is 0 Å². The van der Waals surface area contributed by atoms with Crippen LogP contribution in [0.1, 0.15) is 10.5 Å². The van der Waals surface area contributed by atoms with E-state index in [2.05, 4.69) is 4.98 Å². The summed E-state index contributed by atoms with van der Waals surface area (Å²) in [5.74, 6) is 0.551. The van der Waals surface area contributed by atoms with Crippen LogP contribution < -0.4 is 10.5 Å². The van der Waals surface area contributed by atoms with Gasteiger partial charge in [0.25, 0.3) is 5.91 Å². The highest BCUT2D eigenvalue weighted by molar-refractivity contribution is 5.91. The molecule has 2 rings (SSSR count). The average molecular weight is 230 g/mol. The van der Waals surface area contributed by atoms with Gasteiger partial charge in [-0.2, -0.15) is 0 Å². The van der Waals surface area contributed by atoms with E-state index in [4.69, 9.17) is 15.6 Å². The third kappa shape index (κ3) is 2.72. The van der Waals surface area contributed by atoms with Crippen LogP contribution in [-0.4, -0.2) is 16.0 Å². The Bertz CT molecular complexity index is 538. The van der Waals surface area contributed by atoms with Gasteiger partial charge in [0, 0.05) is 12.3 Å². The number of aromatic hydroxyl groups is 1. The summed E-state index contributed by atoms with van der Waals surface area (Å²) in [6.45, 7) is 0. The van der Waals surface area contributed by atoms with Crippen LogP contribution in [0.2, 0.25) is 0 Å². The Hall–Kier alpha value is -2.56. The Balaban J connectivity index is 2.21. The minimum Gasteiger partial charge on any atom is -0.508 e. The lowest BCUT2D eigenvalue weighted by atomic mass is 10.3. The molecule has 5 nitrogen and oxygen atoms in total. The quantitative estimate of drug-likeness (QED) is 0.839. The molecule has 0 saturated heterocycles. The number of benzene rings is 1. The Labute approximate surface area is 97.5 Å². The fourth-order valence-corrected chi connectivity index (χ4v) is 1.26. The second-order valence-electron chi connectivity index (χ2n) is 3.34. The minimum absolute atomic E-state index is 0.140. The third-order valence-electron chi connectivity index (χ3n) is 2.06. The number of nitrogens with two attached hydrogens (primary N) is 1. The Morgan fingerprint density at radius 2 is 1.88 bits per heavy atom. The highest BCUT2D eigenvalue weighted by Gasteiger charge is 2.04. The van der Waals surface area contributed by atoms with E-state index in [1.165, 1.54) is 24.4 Å². The number of carbonyl (C=O) groups excluding carboxylic acids is 1. The summed E-state index contributed by atoms with van der Waals surface area (Å²) in [6.07, 6.45) is 1.44. The molecule has 17 heavy (non-hydrogen) atoms. The number of carbonyl (C=O) groups is 1. The second-order valence-corrected chi connectivity index (χ2v) is 3.34. The molecular formula is C12H10N2O3. The molecule has 1 heterocycles. The van der Waals surface area contributed by atoms with Crippen LogP contribution in [-0.2, 0) is 0 Å². The molecule has 1 aromatic heterocycles. The van der Waals surface area contributed by atoms with Crippen molar-refractivity contribution in [1.29, 1.82) is 0 Å². The average Bonchev–Trinajstić information content (AvgIpc) is 2.32. The van der Waals surface area contributed by atoms with Gasteiger partial charge in [0.1, 0.15) is 22.9 Å². The lowest BCUT2D eigenvalue weighted by Crippen LogP contribution is -2.12. The summed E-state index contributed by atoms with van der Waals surface area (Å²) in [7, 11) is 0. The molecule has 2 aromatic rings. The topological polar surface area (TPSA) is 85.4 Å². The molecule has 0 spiro atoms. The highest BCUT2D eigenvalue weighted by atomic mass is 16.5. The Kier molecular flexibility index (Phi) is 2.91. The molecule has 1 aromatic carbocycles. The molecule has 5 heteroatoms. The summed E-state index contributed by atoms with van der Waals surface area (Å²) in [4.78, 5) is 14.7. The molecule has 0 atom stereocenters. The number of ether oxygens (including phenoxy) is 1. The lowest BCUT2D eigenvalue weighted by molar-refractivity contribution is 0.0995. The van der Waals surface area contributed by atoms with Crippen LogP contribution >= 0.6 is 0 Å². The first-order chi connectivity index (χ1) is 8.15. The minimum atomic E-state index is -0.610. The van der Waals surface area contributed by atoms with Crippen molar-refractivity contribution in [2.75, 3.05) is 0 Å². The number of amides is 1. The van der Waals surface area contributed by atoms with Gasteiger partial charge in [-0.15, -0.1) is 0 Å². The number of rotatable bonds is 3. The SMILES string of the molecule is NC(=O)c1cc(Oc2ccc(O)cc2)ccn1. The molecule has 0 saturated carbocycles. The molecule has 0 aliphatic rings. The number of nitrogens with zero attached hydrogens (tertiary/aromatic N) is 1. The smallest absolute Gasteiger partial charge is 0.267 e. The molecule has 0 unspecified atom stereocenters. The maximum absolute atomic E-state index is 10.9. The fraction of sp³-hybridized carbons (Fsp3) is 0. The maximum Gasteiger partial charge on any atom is 0.267 e. The molecule has 0 aliphatic heterocycles. The molecule has 3 N–H and O–H groups in total. The number of aromatic nitrogens is 1. The first kappa shape index (κ1) is 10.9. The summed E-state index contributed by atoms with van der Waals surface area (Å²) in [6, 6.07) is 9.30. The molecule has 0 aliphatic carbocycles. The zero-order valence-corrected chi connectivity index (χ0v) is 8.83. The maximum atomic E-state index is 10.9. The molecule has 0 fully saturated rings. The number of primary amides is 1. The molecule has 0 bridgehead atoms. The van der Waals surface area contributed by atoms with E-state index in [1.807, 2.05) is 0 Å². The van der Waals surface area contributed by atoms with Crippen LogP contribution in [0.15, 0.2) is 42.6 Å². The van der Waals surface area contributed by atoms with E-state index in [9.17, 15) is 4.79 Å². The van der Waals surface area contributed by atoms with Gasteiger partial charge in [0.05, 0.1) is 0 Å². The predicted octanol–water partition coefficient (Wildman–Crippen LogP) is 1.68. The largest absolute Gasteiger partial charge is 0.508 e. The van der Waals surface area contributed by atoms with Gasteiger partial charge in [-0.05, 0) is 30.3 Å². The van der Waals surface area contributed by atoms with Gasteiger partial charge in [0.15, 0.2) is 0 Å². The van der Waals surface area contributed by atoms with Crippen molar-refractivity contribution in [2.24, 2.45) is 5.73 Å². The molecule has 86 valence electrons. The fourth-order valence-electron chi connectivity index (χ4n) is 1.26. The van der Waals surface area contributed by atoms with Crippen LogP contribution in [0.3, 0.4) is 0 Å². The van der Waals surface area contributed by atoms with Gasteiger partial charge in [-0.3, -0.25) is 9.78 Å². The van der Waals surface area contributed by atoms with E-state index >= 15 is 0 Å². The molecular weight excluding hydrogens is 220 g/mol. The van der Waals surface area contributed by atoms with Crippen LogP contribution in [0.4, 0.5) is 0 Å². The summed E-state index contributed by atoms with van der Waals surface area (Å²) < 4.78 is 5.47. The van der Waals surface area contributed by atoms with E-state index in [-0.39, 0.29) is 11.4 Å². The monoisotopic (exact) mass is 230 g/mol. The van der Waals surface area contributed by atoms with Crippen molar-refractivity contribution in [3.63, 3.8) is 0 Å². The second kappa shape index (κ2) is 4.52. The van der Waals surface area contributed by atoms with Crippen LogP contribution in [0, 0.1) is 0 Å². The highest BCUT2D eigenvalue weighted by Crippen LogP contribution is 2.23. The van der Waals surface area contributed by atoms with Gasteiger partial charge < -0.3 is 15.6 Å². The summed E-state index contributed by atoms with van der Waals surface area (Å²) >= 11 is 0. The van der Waals surface area contributed by atoms with E-state index in [1.54, 1.807) is 18.2 Å². The van der Waals surface area contributed by atoms with Crippen LogP contribution in [0.25, 0.3) is 0 Å². The standard InChI is InChI=1S/C12H10N2O3/c13-12(16)11-7-10(5-6-14-11)17-9-3-1-8(15)2-4-9/h1-7,15H,(H2,13,16). The van der Waals surface area contributed by atoms with Gasteiger partial charge in [-0.25, -0.2) is 0 Å². The van der Waals surface area contributed by atoms with E-state index in [0.717, 1.165) is 0 Å². The summed E-state index contributed by atoms with van der Waals surface area (Å²) in [5, 5.41) is 9.11. The Morgan fingerprint density at radius 3 is 2.53 bits per heavy atom. The lowest BCUT2D eigenvalue weighted by Gasteiger charge is -2.05. The number of hydrogen-bond donors (Lipinski definition) is 2. The zero-order chi connectivity index (χ0) is 12.3. The van der Waals surface area contributed by atoms with Crippen molar-refractivity contribution in [3.05, 3.63) is 48.3 Å². The predicted molar refractivity (Wildman–Crippen MR) is 60.9 cm³/mol. The zero-order valence-electron chi connectivity index (χ0n) is 8.83. The van der Waals surface area contributed by atoms with Gasteiger partial charge in [0.2, 0.25) is 0 Å². The summed E-state index contributed by atoms with van der Waals surface area (Å²) in [5.41, 5.74) is 5.25. The first-order valence-electron chi connectivity index (χ1n) is 4.88. The Morgan fingerprint density at radius 1 is 1.18 bits per heavy atom. The molecule has 1 amide bonds. The molecule has 0 radical (unpaired) electrons. The van der Waals surface area contributed by atoms with E-state index < -0.39 is 5.91 Å². The van der Waals surface area contributed by atoms with Crippen molar-refractivity contribution in [3.8, 4) is 17.2 Å². The number of hydrogen-bond acceptors (Lipinski definition) is 4. The van der Waals surface area contributed by atoms with Crippen molar-refractivity contribution in [1.82, 2.24) is 4.98 Å². The van der Waals surface area contributed by atoms with Crippen molar-refractivity contribution < 1.29 is 14.6 Å². The third-order valence-corrected chi connectivity index (χ3v) is 2.06. The number of phenolic OH excluding ortho intramolecular Hbond substituents is 1. The van der Waals surface area contributed by atoms with E-state index in [0.29, 0.717) is 11.5 Å². The van der Waals surface area contributed by atoms with Crippen molar-refractivity contribution in [2.45, 2.75) is 0 Å². The van der Waals surface area contributed by atoms with Crippen molar-refractivity contribution >= 4 is 5.91 Å². The number of pyridine rings is 1. The number of phenols is 1. The normalized spacial score (nSPS) is 9.88. The van der Waals surface area contributed by atoms with Gasteiger partial charge in [-0.1, -0.05) is 0 Å². The first-order valence-corrected chi connectivity index (χ1v) is 4.88.